The molecule has 1 aromatic heterocycles. The summed E-state index contributed by atoms with van der Waals surface area (Å²) in [6.07, 6.45) is 9.56. The molecule has 110 valence electrons. The Bertz CT molecular complexity index is 519. The number of hydrogen-bond donors (Lipinski definition) is 3. The van der Waals surface area contributed by atoms with Gasteiger partial charge in [-0.25, -0.2) is 0 Å². The fourth-order valence-electron chi connectivity index (χ4n) is 2.63. The van der Waals surface area contributed by atoms with E-state index in [9.17, 15) is 5.11 Å². The number of aromatic amines is 1. The zero-order valence-electron chi connectivity index (χ0n) is 12.4. The molecule has 1 aromatic carbocycles. The molecule has 0 aliphatic carbocycles. The van der Waals surface area contributed by atoms with E-state index in [1.807, 2.05) is 18.3 Å². The Kier molecular flexibility index (Phi) is 5.93. The molecule has 0 amide bonds. The molecule has 3 heteroatoms. The Morgan fingerprint density at radius 2 is 1.95 bits per heavy atom. The number of phenolic OH excluding ortho intramolecular Hbond substituents is 1. The topological polar surface area (TPSA) is 48.0 Å². The van der Waals surface area contributed by atoms with Crippen LogP contribution in [0.2, 0.25) is 0 Å². The zero-order chi connectivity index (χ0) is 14.2. The molecular weight excluding hydrogens is 248 g/mol. The van der Waals surface area contributed by atoms with Crippen molar-refractivity contribution in [2.24, 2.45) is 0 Å². The predicted octanol–water partition coefficient (Wildman–Crippen LogP) is 3.98. The smallest absolute Gasteiger partial charge is 0.125 e. The van der Waals surface area contributed by atoms with E-state index < -0.39 is 0 Å². The number of aromatic nitrogens is 1. The largest absolute Gasteiger partial charge is 0.507 e. The summed E-state index contributed by atoms with van der Waals surface area (Å²) in [5.41, 5.74) is 2.20. The summed E-state index contributed by atoms with van der Waals surface area (Å²) in [5, 5.41) is 14.4. The van der Waals surface area contributed by atoms with Crippen molar-refractivity contribution in [1.29, 1.82) is 0 Å². The Morgan fingerprint density at radius 3 is 2.80 bits per heavy atom. The Balaban J connectivity index is 1.71. The second kappa shape index (κ2) is 7.95. The summed E-state index contributed by atoms with van der Waals surface area (Å²) >= 11 is 0. The molecular formula is C17H26N2O. The zero-order valence-corrected chi connectivity index (χ0v) is 12.4. The van der Waals surface area contributed by atoms with Crippen molar-refractivity contribution in [3.63, 3.8) is 0 Å². The number of aromatic hydroxyl groups is 1. The monoisotopic (exact) mass is 274 g/mol. The molecule has 0 fully saturated rings. The van der Waals surface area contributed by atoms with Crippen LogP contribution in [0.25, 0.3) is 10.9 Å². The lowest BCUT2D eigenvalue weighted by Gasteiger charge is -2.05. The number of unbranched alkanes of at least 4 members (excludes halogenated alkanes) is 4. The third-order valence-electron chi connectivity index (χ3n) is 3.79. The number of nitrogens with one attached hydrogen (secondary N) is 2. The van der Waals surface area contributed by atoms with E-state index in [0.717, 1.165) is 30.4 Å². The van der Waals surface area contributed by atoms with E-state index >= 15 is 0 Å². The van der Waals surface area contributed by atoms with Gasteiger partial charge in [-0.15, -0.1) is 0 Å². The summed E-state index contributed by atoms with van der Waals surface area (Å²) in [5.74, 6) is 0.373. The van der Waals surface area contributed by atoms with Gasteiger partial charge in [0.15, 0.2) is 0 Å². The van der Waals surface area contributed by atoms with Gasteiger partial charge in [0, 0.05) is 17.1 Å². The molecule has 0 saturated heterocycles. The van der Waals surface area contributed by atoms with Gasteiger partial charge in [-0.2, -0.15) is 0 Å². The fraction of sp³-hybridized carbons (Fsp3) is 0.529. The molecule has 0 aliphatic heterocycles. The molecule has 2 rings (SSSR count). The van der Waals surface area contributed by atoms with E-state index in [2.05, 4.69) is 17.2 Å². The van der Waals surface area contributed by atoms with Crippen LogP contribution in [0.1, 0.15) is 44.6 Å². The van der Waals surface area contributed by atoms with Crippen molar-refractivity contribution >= 4 is 10.9 Å². The number of fused-ring (bicyclic) bond motifs is 1. The lowest BCUT2D eigenvalue weighted by molar-refractivity contribution is 0.481. The minimum atomic E-state index is 0.373. The van der Waals surface area contributed by atoms with Gasteiger partial charge >= 0.3 is 0 Å². The van der Waals surface area contributed by atoms with E-state index in [1.54, 1.807) is 6.07 Å². The van der Waals surface area contributed by atoms with Crippen LogP contribution in [0.3, 0.4) is 0 Å². The quantitative estimate of drug-likeness (QED) is 0.606. The molecule has 0 spiro atoms. The van der Waals surface area contributed by atoms with Gasteiger partial charge < -0.3 is 15.4 Å². The highest BCUT2D eigenvalue weighted by Gasteiger charge is 2.06. The van der Waals surface area contributed by atoms with Crippen molar-refractivity contribution in [1.82, 2.24) is 10.3 Å². The number of benzene rings is 1. The lowest BCUT2D eigenvalue weighted by atomic mass is 10.1. The molecule has 0 bridgehead atoms. The summed E-state index contributed by atoms with van der Waals surface area (Å²) in [4.78, 5) is 3.22. The van der Waals surface area contributed by atoms with Crippen molar-refractivity contribution in [3.05, 3.63) is 30.0 Å². The number of rotatable bonds is 9. The predicted molar refractivity (Wildman–Crippen MR) is 85.3 cm³/mol. The van der Waals surface area contributed by atoms with E-state index in [4.69, 9.17) is 0 Å². The summed E-state index contributed by atoms with van der Waals surface area (Å²) < 4.78 is 0. The van der Waals surface area contributed by atoms with Crippen LogP contribution >= 0.6 is 0 Å². The summed E-state index contributed by atoms with van der Waals surface area (Å²) in [7, 11) is 0. The van der Waals surface area contributed by atoms with Gasteiger partial charge in [0.25, 0.3) is 0 Å². The normalized spacial score (nSPS) is 11.2. The first-order valence-electron chi connectivity index (χ1n) is 7.81. The SMILES string of the molecule is CCCCCCCNCCc1c[nH]c2cccc(O)c12. The van der Waals surface area contributed by atoms with Crippen LogP contribution in [-0.2, 0) is 6.42 Å². The molecule has 3 N–H and O–H groups in total. The maximum atomic E-state index is 9.92. The number of phenols is 1. The van der Waals surface area contributed by atoms with Gasteiger partial charge in [-0.3, -0.25) is 0 Å². The summed E-state index contributed by atoms with van der Waals surface area (Å²) in [6.45, 7) is 4.31. The van der Waals surface area contributed by atoms with E-state index in [0.29, 0.717) is 5.75 Å². The molecule has 3 nitrogen and oxygen atoms in total. The first-order chi connectivity index (χ1) is 9.83. The number of hydrogen-bond acceptors (Lipinski definition) is 2. The van der Waals surface area contributed by atoms with Crippen LogP contribution in [0.15, 0.2) is 24.4 Å². The standard InChI is InChI=1S/C17H26N2O/c1-2-3-4-5-6-11-18-12-10-14-13-19-15-8-7-9-16(20)17(14)15/h7-9,13,18-20H,2-6,10-12H2,1H3. The maximum Gasteiger partial charge on any atom is 0.125 e. The lowest BCUT2D eigenvalue weighted by Crippen LogP contribution is -2.18. The highest BCUT2D eigenvalue weighted by Crippen LogP contribution is 2.27. The van der Waals surface area contributed by atoms with Crippen LogP contribution in [0.4, 0.5) is 0 Å². The third-order valence-corrected chi connectivity index (χ3v) is 3.79. The fourth-order valence-corrected chi connectivity index (χ4v) is 2.63. The maximum absolute atomic E-state index is 9.92. The van der Waals surface area contributed by atoms with Gasteiger partial charge in [-0.05, 0) is 43.6 Å². The van der Waals surface area contributed by atoms with Crippen LogP contribution in [0, 0.1) is 0 Å². The minimum Gasteiger partial charge on any atom is -0.507 e. The van der Waals surface area contributed by atoms with Crippen LogP contribution in [-0.4, -0.2) is 23.2 Å². The van der Waals surface area contributed by atoms with Crippen molar-refractivity contribution in [2.75, 3.05) is 13.1 Å². The first-order valence-corrected chi connectivity index (χ1v) is 7.81. The van der Waals surface area contributed by atoms with Gasteiger partial charge in [0.1, 0.15) is 5.75 Å². The Labute approximate surface area is 121 Å². The van der Waals surface area contributed by atoms with Crippen LogP contribution < -0.4 is 5.32 Å². The molecule has 0 unspecified atom stereocenters. The highest BCUT2D eigenvalue weighted by molar-refractivity contribution is 5.88. The molecule has 2 aromatic rings. The van der Waals surface area contributed by atoms with E-state index in [1.165, 1.54) is 37.7 Å². The van der Waals surface area contributed by atoms with Crippen molar-refractivity contribution in [3.8, 4) is 5.75 Å². The Hall–Kier alpha value is -1.48. The van der Waals surface area contributed by atoms with Gasteiger partial charge in [0.2, 0.25) is 0 Å². The van der Waals surface area contributed by atoms with Crippen LogP contribution in [0.5, 0.6) is 5.75 Å². The third kappa shape index (κ3) is 4.01. The number of H-pyrrole nitrogens is 1. The molecule has 0 saturated carbocycles. The first kappa shape index (κ1) is 14.9. The molecule has 0 atom stereocenters. The van der Waals surface area contributed by atoms with E-state index in [-0.39, 0.29) is 0 Å². The van der Waals surface area contributed by atoms with Gasteiger partial charge in [-0.1, -0.05) is 38.7 Å². The second-order valence-corrected chi connectivity index (χ2v) is 5.43. The molecule has 20 heavy (non-hydrogen) atoms. The average Bonchev–Trinajstić information content (AvgIpc) is 2.86. The highest BCUT2D eigenvalue weighted by atomic mass is 16.3. The second-order valence-electron chi connectivity index (χ2n) is 5.43. The minimum absolute atomic E-state index is 0.373. The Morgan fingerprint density at radius 1 is 1.10 bits per heavy atom. The molecule has 1 heterocycles. The van der Waals surface area contributed by atoms with Gasteiger partial charge in [0.05, 0.1) is 0 Å². The summed E-state index contributed by atoms with van der Waals surface area (Å²) in [6, 6.07) is 5.62. The van der Waals surface area contributed by atoms with Crippen molar-refractivity contribution < 1.29 is 5.11 Å². The van der Waals surface area contributed by atoms with Crippen molar-refractivity contribution in [2.45, 2.75) is 45.4 Å². The molecule has 0 aliphatic rings. The average molecular weight is 274 g/mol. The molecule has 0 radical (unpaired) electrons.